The van der Waals surface area contributed by atoms with Gasteiger partial charge in [-0.05, 0) is 56.7 Å². The van der Waals surface area contributed by atoms with Crippen LogP contribution < -0.4 is 10.1 Å². The lowest BCUT2D eigenvalue weighted by Crippen LogP contribution is -2.32. The summed E-state index contributed by atoms with van der Waals surface area (Å²) in [5, 5.41) is 3.69. The Morgan fingerprint density at radius 1 is 1.20 bits per heavy atom. The first-order valence-corrected chi connectivity index (χ1v) is 7.93. The van der Waals surface area contributed by atoms with Gasteiger partial charge in [-0.25, -0.2) is 0 Å². The van der Waals surface area contributed by atoms with E-state index in [1.165, 1.54) is 30.4 Å². The lowest BCUT2D eigenvalue weighted by atomic mass is 9.96. The monoisotopic (exact) mass is 277 g/mol. The summed E-state index contributed by atoms with van der Waals surface area (Å²) in [4.78, 5) is 0. The first-order valence-electron chi connectivity index (χ1n) is 7.93. The third kappa shape index (κ3) is 5.96. The third-order valence-corrected chi connectivity index (χ3v) is 3.68. The maximum Gasteiger partial charge on any atom is 0.122 e. The first-order chi connectivity index (χ1) is 9.56. The van der Waals surface area contributed by atoms with Gasteiger partial charge < -0.3 is 10.1 Å². The summed E-state index contributed by atoms with van der Waals surface area (Å²) in [7, 11) is 1.76. The second kappa shape index (κ2) is 9.02. The van der Waals surface area contributed by atoms with Crippen LogP contribution >= 0.6 is 0 Å². The van der Waals surface area contributed by atoms with E-state index >= 15 is 0 Å². The fraction of sp³-hybridized carbons (Fsp3) is 0.667. The molecule has 0 saturated carbocycles. The molecule has 0 saturated heterocycles. The van der Waals surface area contributed by atoms with Crippen molar-refractivity contribution < 1.29 is 4.74 Å². The molecule has 0 fully saturated rings. The zero-order valence-corrected chi connectivity index (χ0v) is 13.8. The summed E-state index contributed by atoms with van der Waals surface area (Å²) in [6, 6.07) is 7.01. The van der Waals surface area contributed by atoms with Crippen molar-refractivity contribution >= 4 is 0 Å². The Labute approximate surface area is 124 Å². The predicted octanol–water partition coefficient (Wildman–Crippen LogP) is 4.35. The molecular weight excluding hydrogens is 246 g/mol. The molecule has 0 heterocycles. The quantitative estimate of drug-likeness (QED) is 0.724. The highest BCUT2D eigenvalue weighted by molar-refractivity contribution is 5.37. The van der Waals surface area contributed by atoms with Gasteiger partial charge in [0.15, 0.2) is 0 Å². The molecule has 0 aliphatic carbocycles. The lowest BCUT2D eigenvalue weighted by molar-refractivity contribution is 0.395. The standard InChI is InChI=1S/C18H31NO/c1-6-11-19-17(9-7-14(2)3)13-16-12-15(4)8-10-18(16)20-5/h8,10,12,14,17,19H,6-7,9,11,13H2,1-5H3. The van der Waals surface area contributed by atoms with E-state index in [1.807, 2.05) is 0 Å². The Balaban J connectivity index is 2.73. The summed E-state index contributed by atoms with van der Waals surface area (Å²) >= 11 is 0. The molecule has 0 aliphatic rings. The number of ether oxygens (including phenoxy) is 1. The minimum absolute atomic E-state index is 0.549. The molecule has 0 amide bonds. The molecule has 0 spiro atoms. The van der Waals surface area contributed by atoms with Crippen molar-refractivity contribution in [3.8, 4) is 5.75 Å². The van der Waals surface area contributed by atoms with Gasteiger partial charge in [-0.2, -0.15) is 0 Å². The van der Waals surface area contributed by atoms with E-state index in [0.29, 0.717) is 6.04 Å². The minimum atomic E-state index is 0.549. The molecular formula is C18H31NO. The molecule has 1 atom stereocenters. The average Bonchev–Trinajstić information content (AvgIpc) is 2.42. The van der Waals surface area contributed by atoms with Crippen LogP contribution in [-0.2, 0) is 6.42 Å². The molecule has 0 radical (unpaired) electrons. The van der Waals surface area contributed by atoms with Gasteiger partial charge in [0.25, 0.3) is 0 Å². The maximum absolute atomic E-state index is 5.50. The second-order valence-electron chi connectivity index (χ2n) is 6.14. The fourth-order valence-electron chi connectivity index (χ4n) is 2.49. The molecule has 20 heavy (non-hydrogen) atoms. The van der Waals surface area contributed by atoms with Gasteiger partial charge >= 0.3 is 0 Å². The van der Waals surface area contributed by atoms with Gasteiger partial charge in [0.05, 0.1) is 7.11 Å². The smallest absolute Gasteiger partial charge is 0.122 e. The zero-order valence-electron chi connectivity index (χ0n) is 13.8. The van der Waals surface area contributed by atoms with E-state index in [0.717, 1.165) is 24.6 Å². The minimum Gasteiger partial charge on any atom is -0.496 e. The summed E-state index contributed by atoms with van der Waals surface area (Å²) in [5.74, 6) is 1.78. The molecule has 114 valence electrons. The molecule has 0 aliphatic heterocycles. The number of hydrogen-bond donors (Lipinski definition) is 1. The summed E-state index contributed by atoms with van der Waals surface area (Å²) < 4.78 is 5.50. The van der Waals surface area contributed by atoms with Crippen molar-refractivity contribution in [1.82, 2.24) is 5.32 Å². The molecule has 1 rings (SSSR count). The number of hydrogen-bond acceptors (Lipinski definition) is 2. The van der Waals surface area contributed by atoms with E-state index in [9.17, 15) is 0 Å². The third-order valence-electron chi connectivity index (χ3n) is 3.68. The van der Waals surface area contributed by atoms with Gasteiger partial charge in [0, 0.05) is 6.04 Å². The van der Waals surface area contributed by atoms with Crippen LogP contribution in [0.5, 0.6) is 5.75 Å². The highest BCUT2D eigenvalue weighted by Gasteiger charge is 2.13. The Morgan fingerprint density at radius 3 is 2.55 bits per heavy atom. The van der Waals surface area contributed by atoms with E-state index in [4.69, 9.17) is 4.74 Å². The van der Waals surface area contributed by atoms with Crippen LogP contribution in [0.2, 0.25) is 0 Å². The first kappa shape index (κ1) is 17.0. The van der Waals surface area contributed by atoms with Crippen LogP contribution in [0.25, 0.3) is 0 Å². The molecule has 1 unspecified atom stereocenters. The van der Waals surface area contributed by atoms with Gasteiger partial charge in [-0.3, -0.25) is 0 Å². The van der Waals surface area contributed by atoms with Crippen LogP contribution in [0.3, 0.4) is 0 Å². The van der Waals surface area contributed by atoms with Crippen molar-refractivity contribution in [2.45, 2.75) is 59.4 Å². The molecule has 2 nitrogen and oxygen atoms in total. The molecule has 1 aromatic carbocycles. The second-order valence-corrected chi connectivity index (χ2v) is 6.14. The SMILES string of the molecule is CCCNC(CCC(C)C)Cc1cc(C)ccc1OC. The van der Waals surface area contributed by atoms with E-state index in [-0.39, 0.29) is 0 Å². The van der Waals surface area contributed by atoms with E-state index < -0.39 is 0 Å². The van der Waals surface area contributed by atoms with E-state index in [1.54, 1.807) is 7.11 Å². The zero-order chi connectivity index (χ0) is 15.0. The fourth-order valence-corrected chi connectivity index (χ4v) is 2.49. The van der Waals surface area contributed by atoms with Crippen LogP contribution in [-0.4, -0.2) is 19.7 Å². The number of methoxy groups -OCH3 is 1. The highest BCUT2D eigenvalue weighted by Crippen LogP contribution is 2.22. The lowest BCUT2D eigenvalue weighted by Gasteiger charge is -2.21. The predicted molar refractivity (Wildman–Crippen MR) is 87.6 cm³/mol. The molecule has 0 bridgehead atoms. The Hall–Kier alpha value is -1.02. The van der Waals surface area contributed by atoms with Crippen LogP contribution in [0, 0.1) is 12.8 Å². The summed E-state index contributed by atoms with van der Waals surface area (Å²) in [6.07, 6.45) is 4.74. The van der Waals surface area contributed by atoms with Crippen LogP contribution in [0.4, 0.5) is 0 Å². The van der Waals surface area contributed by atoms with Crippen LogP contribution in [0.1, 0.15) is 51.2 Å². The largest absolute Gasteiger partial charge is 0.496 e. The molecule has 0 aromatic heterocycles. The Bertz CT molecular complexity index is 387. The Kier molecular flexibility index (Phi) is 7.68. The Morgan fingerprint density at radius 2 is 1.95 bits per heavy atom. The van der Waals surface area contributed by atoms with Gasteiger partial charge in [-0.1, -0.05) is 38.5 Å². The average molecular weight is 277 g/mol. The van der Waals surface area contributed by atoms with E-state index in [2.05, 4.69) is 51.2 Å². The number of aryl methyl sites for hydroxylation is 1. The van der Waals surface area contributed by atoms with Gasteiger partial charge in [0.1, 0.15) is 5.75 Å². The van der Waals surface area contributed by atoms with Crippen molar-refractivity contribution in [2.75, 3.05) is 13.7 Å². The summed E-state index contributed by atoms with van der Waals surface area (Å²) in [5.41, 5.74) is 2.63. The molecule has 2 heteroatoms. The van der Waals surface area contributed by atoms with Gasteiger partial charge in [-0.15, -0.1) is 0 Å². The molecule has 1 N–H and O–H groups in total. The van der Waals surface area contributed by atoms with Crippen molar-refractivity contribution in [1.29, 1.82) is 0 Å². The van der Waals surface area contributed by atoms with Crippen molar-refractivity contribution in [3.63, 3.8) is 0 Å². The van der Waals surface area contributed by atoms with Crippen molar-refractivity contribution in [2.24, 2.45) is 5.92 Å². The topological polar surface area (TPSA) is 21.3 Å². The maximum atomic E-state index is 5.50. The normalized spacial score (nSPS) is 12.7. The number of rotatable bonds is 9. The van der Waals surface area contributed by atoms with Crippen molar-refractivity contribution in [3.05, 3.63) is 29.3 Å². The number of benzene rings is 1. The summed E-state index contributed by atoms with van der Waals surface area (Å²) in [6.45, 7) is 10.1. The van der Waals surface area contributed by atoms with Crippen LogP contribution in [0.15, 0.2) is 18.2 Å². The highest BCUT2D eigenvalue weighted by atomic mass is 16.5. The van der Waals surface area contributed by atoms with Gasteiger partial charge in [0.2, 0.25) is 0 Å². The number of nitrogens with one attached hydrogen (secondary N) is 1. The molecule has 1 aromatic rings.